The van der Waals surface area contributed by atoms with Gasteiger partial charge in [0.05, 0.1) is 11.1 Å². The molecule has 0 saturated carbocycles. The number of carbonyl (C=O) groups excluding carboxylic acids is 2. The van der Waals surface area contributed by atoms with Gasteiger partial charge >= 0.3 is 0 Å². The topological polar surface area (TPSA) is 71.3 Å². The highest BCUT2D eigenvalue weighted by molar-refractivity contribution is 14.1. The molecule has 2 N–H and O–H groups in total. The Labute approximate surface area is 160 Å². The second kappa shape index (κ2) is 6.01. The SMILES string of the molecule is O=C1NC(=O)c2cc(-c3ccc(/C=C4/SC(=S)NC4I)o3)ccc21. The lowest BCUT2D eigenvalue weighted by molar-refractivity contribution is 0.0879. The third kappa shape index (κ3) is 2.78. The molecule has 0 aliphatic carbocycles. The van der Waals surface area contributed by atoms with Crippen LogP contribution >= 0.6 is 46.6 Å². The van der Waals surface area contributed by atoms with E-state index in [2.05, 4.69) is 33.2 Å². The van der Waals surface area contributed by atoms with Gasteiger partial charge in [0.15, 0.2) is 0 Å². The zero-order chi connectivity index (χ0) is 16.8. The number of hydrogen-bond donors (Lipinski definition) is 2. The van der Waals surface area contributed by atoms with Gasteiger partial charge in [0.2, 0.25) is 0 Å². The van der Waals surface area contributed by atoms with Crippen molar-refractivity contribution in [1.29, 1.82) is 0 Å². The molecule has 3 heterocycles. The highest BCUT2D eigenvalue weighted by Gasteiger charge is 2.27. The van der Waals surface area contributed by atoms with Crippen LogP contribution in [0, 0.1) is 0 Å². The lowest BCUT2D eigenvalue weighted by Gasteiger charge is -2.01. The van der Waals surface area contributed by atoms with Gasteiger partial charge in [-0.15, -0.1) is 0 Å². The number of thioether (sulfide) groups is 1. The molecular formula is C16H9IN2O3S2. The molecule has 1 unspecified atom stereocenters. The maximum Gasteiger partial charge on any atom is 0.258 e. The fraction of sp³-hybridized carbons (Fsp3) is 0.0625. The minimum absolute atomic E-state index is 0.142. The van der Waals surface area contributed by atoms with Gasteiger partial charge in [-0.1, -0.05) is 52.6 Å². The van der Waals surface area contributed by atoms with Crippen LogP contribution in [0.1, 0.15) is 26.5 Å². The number of thiocarbonyl (C=S) groups is 1. The number of amides is 2. The number of hydrogen-bond acceptors (Lipinski definition) is 5. The van der Waals surface area contributed by atoms with E-state index in [1.165, 1.54) is 11.8 Å². The summed E-state index contributed by atoms with van der Waals surface area (Å²) in [6.45, 7) is 0. The number of benzene rings is 1. The van der Waals surface area contributed by atoms with Gasteiger partial charge in [0.25, 0.3) is 11.8 Å². The highest BCUT2D eigenvalue weighted by Crippen LogP contribution is 2.34. The molecule has 0 bridgehead atoms. The number of furan rings is 1. The van der Waals surface area contributed by atoms with E-state index >= 15 is 0 Å². The second-order valence-corrected chi connectivity index (χ2v) is 8.18. The van der Waals surface area contributed by atoms with Crippen LogP contribution in [0.2, 0.25) is 0 Å². The van der Waals surface area contributed by atoms with Crippen molar-refractivity contribution in [1.82, 2.24) is 10.6 Å². The Morgan fingerprint density at radius 1 is 1.17 bits per heavy atom. The van der Waals surface area contributed by atoms with E-state index in [0.717, 1.165) is 14.8 Å². The third-order valence-electron chi connectivity index (χ3n) is 3.64. The standard InChI is InChI=1S/C16H9IN2O3S2/c17-13-12(24-16(23)18-13)6-8-2-4-11(22-8)7-1-3-9-10(5-7)15(21)19-14(9)20/h1-6,13H,(H,18,23)(H,19,20,21)/b12-6+. The average molecular weight is 468 g/mol. The minimum atomic E-state index is -0.375. The largest absolute Gasteiger partial charge is 0.457 e. The van der Waals surface area contributed by atoms with Gasteiger partial charge < -0.3 is 9.73 Å². The van der Waals surface area contributed by atoms with Crippen LogP contribution in [0.15, 0.2) is 39.7 Å². The normalized spacial score (nSPS) is 21.1. The number of rotatable bonds is 2. The maximum absolute atomic E-state index is 11.8. The van der Waals surface area contributed by atoms with Crippen molar-refractivity contribution >= 4 is 68.8 Å². The van der Waals surface area contributed by atoms with Gasteiger partial charge in [-0.3, -0.25) is 14.9 Å². The molecule has 1 aromatic carbocycles. The summed E-state index contributed by atoms with van der Waals surface area (Å²) in [5, 5.41) is 5.44. The molecule has 1 saturated heterocycles. The smallest absolute Gasteiger partial charge is 0.258 e. The number of nitrogens with one attached hydrogen (secondary N) is 2. The van der Waals surface area contributed by atoms with Crippen LogP contribution in [0.5, 0.6) is 0 Å². The summed E-state index contributed by atoms with van der Waals surface area (Å²) in [5.74, 6) is 0.615. The molecule has 0 radical (unpaired) electrons. The zero-order valence-electron chi connectivity index (χ0n) is 12.0. The molecule has 1 aromatic heterocycles. The van der Waals surface area contributed by atoms with Crippen molar-refractivity contribution < 1.29 is 14.0 Å². The lowest BCUT2D eigenvalue weighted by atomic mass is 10.0. The van der Waals surface area contributed by atoms with Crippen LogP contribution in [0.4, 0.5) is 0 Å². The molecule has 2 aliphatic heterocycles. The molecule has 2 amide bonds. The van der Waals surface area contributed by atoms with Crippen molar-refractivity contribution in [3.63, 3.8) is 0 Å². The Kier molecular flexibility index (Phi) is 3.97. The van der Waals surface area contributed by atoms with Crippen molar-refractivity contribution in [2.24, 2.45) is 0 Å². The monoisotopic (exact) mass is 468 g/mol. The molecule has 4 rings (SSSR count). The third-order valence-corrected chi connectivity index (χ3v) is 6.30. The van der Waals surface area contributed by atoms with E-state index in [-0.39, 0.29) is 15.9 Å². The molecule has 0 spiro atoms. The summed E-state index contributed by atoms with van der Waals surface area (Å²) in [6.07, 6.45) is 1.95. The number of fused-ring (bicyclic) bond motifs is 1. The van der Waals surface area contributed by atoms with Crippen LogP contribution in [-0.4, -0.2) is 20.2 Å². The predicted molar refractivity (Wildman–Crippen MR) is 105 cm³/mol. The van der Waals surface area contributed by atoms with Crippen molar-refractivity contribution in [3.05, 3.63) is 52.1 Å². The van der Waals surface area contributed by atoms with Crippen molar-refractivity contribution in [2.45, 2.75) is 4.05 Å². The first kappa shape index (κ1) is 15.9. The van der Waals surface area contributed by atoms with Crippen LogP contribution in [-0.2, 0) is 0 Å². The van der Waals surface area contributed by atoms with E-state index in [1.54, 1.807) is 18.2 Å². The van der Waals surface area contributed by atoms with Crippen molar-refractivity contribution in [2.75, 3.05) is 0 Å². The summed E-state index contributed by atoms with van der Waals surface area (Å²) in [5.41, 5.74) is 1.52. The average Bonchev–Trinajstić information content (AvgIpc) is 3.20. The fourth-order valence-electron chi connectivity index (χ4n) is 2.51. The number of imide groups is 1. The molecule has 2 aromatic rings. The Hall–Kier alpha value is -1.65. The minimum Gasteiger partial charge on any atom is -0.457 e. The van der Waals surface area contributed by atoms with Crippen LogP contribution in [0.3, 0.4) is 0 Å². The fourth-order valence-corrected chi connectivity index (χ4v) is 4.94. The molecule has 120 valence electrons. The Bertz CT molecular complexity index is 935. The molecular weight excluding hydrogens is 459 g/mol. The first-order valence-electron chi connectivity index (χ1n) is 6.95. The van der Waals surface area contributed by atoms with Crippen molar-refractivity contribution in [3.8, 4) is 11.3 Å². The number of halogens is 1. The number of carbonyl (C=O) groups is 2. The van der Waals surface area contributed by atoms with E-state index < -0.39 is 0 Å². The van der Waals surface area contributed by atoms with Crippen LogP contribution < -0.4 is 10.6 Å². The Balaban J connectivity index is 1.65. The summed E-state index contributed by atoms with van der Waals surface area (Å²) in [6, 6.07) is 8.80. The Morgan fingerprint density at radius 3 is 2.71 bits per heavy atom. The number of alkyl halides is 1. The van der Waals surface area contributed by atoms with E-state index in [4.69, 9.17) is 16.6 Å². The molecule has 5 nitrogen and oxygen atoms in total. The van der Waals surface area contributed by atoms with Gasteiger partial charge in [-0.2, -0.15) is 0 Å². The molecule has 2 aliphatic rings. The quantitative estimate of drug-likeness (QED) is 0.231. The van der Waals surface area contributed by atoms with Crippen LogP contribution in [0.25, 0.3) is 17.4 Å². The summed E-state index contributed by atoms with van der Waals surface area (Å²) in [4.78, 5) is 24.4. The zero-order valence-corrected chi connectivity index (χ0v) is 15.8. The van der Waals surface area contributed by atoms with Gasteiger partial charge in [0, 0.05) is 10.5 Å². The molecule has 24 heavy (non-hydrogen) atoms. The van der Waals surface area contributed by atoms with E-state index in [1.807, 2.05) is 18.2 Å². The summed E-state index contributed by atoms with van der Waals surface area (Å²) >= 11 is 8.93. The van der Waals surface area contributed by atoms with Gasteiger partial charge in [-0.25, -0.2) is 0 Å². The molecule has 1 atom stereocenters. The predicted octanol–water partition coefficient (Wildman–Crippen LogP) is 3.55. The highest BCUT2D eigenvalue weighted by atomic mass is 127. The summed E-state index contributed by atoms with van der Waals surface area (Å²) < 4.78 is 6.75. The van der Waals surface area contributed by atoms with Gasteiger partial charge in [-0.05, 0) is 30.3 Å². The summed E-state index contributed by atoms with van der Waals surface area (Å²) in [7, 11) is 0. The Morgan fingerprint density at radius 2 is 1.96 bits per heavy atom. The first-order chi connectivity index (χ1) is 11.5. The molecule has 8 heteroatoms. The lowest BCUT2D eigenvalue weighted by Crippen LogP contribution is -2.19. The molecule has 1 fully saturated rings. The van der Waals surface area contributed by atoms with E-state index in [9.17, 15) is 9.59 Å². The van der Waals surface area contributed by atoms with E-state index in [0.29, 0.717) is 22.6 Å². The second-order valence-electron chi connectivity index (χ2n) is 5.19. The maximum atomic E-state index is 11.8. The van der Waals surface area contributed by atoms with Gasteiger partial charge in [0.1, 0.15) is 19.9 Å². The first-order valence-corrected chi connectivity index (χ1v) is 9.42.